The van der Waals surface area contributed by atoms with Crippen molar-refractivity contribution in [1.82, 2.24) is 9.21 Å². The first kappa shape index (κ1) is 18.8. The standard InChI is InChI=1S/C17H15ClF2N2O3S/c18-12-4-5-15(16(20)10-12)17(23)21-6-8-22(9-7-21)26(24,25)14-3-1-2-13(19)11-14/h1-5,10-11H,6-9H2. The van der Waals surface area contributed by atoms with Gasteiger partial charge in [0.05, 0.1) is 10.5 Å². The van der Waals surface area contributed by atoms with Crippen molar-refractivity contribution in [3.8, 4) is 0 Å². The maximum atomic E-state index is 13.9. The van der Waals surface area contributed by atoms with Crippen LogP contribution in [0.4, 0.5) is 8.78 Å². The number of rotatable bonds is 3. The predicted octanol–water partition coefficient (Wildman–Crippen LogP) is 2.76. The molecule has 2 aromatic rings. The Labute approximate surface area is 154 Å². The molecule has 0 radical (unpaired) electrons. The highest BCUT2D eigenvalue weighted by atomic mass is 35.5. The van der Waals surface area contributed by atoms with Crippen LogP contribution in [0.5, 0.6) is 0 Å². The van der Waals surface area contributed by atoms with Crippen molar-refractivity contribution in [3.63, 3.8) is 0 Å². The summed E-state index contributed by atoms with van der Waals surface area (Å²) in [6.45, 7) is 0.296. The van der Waals surface area contributed by atoms with Gasteiger partial charge in [0, 0.05) is 31.2 Å². The Bertz CT molecular complexity index is 945. The number of halogens is 3. The Morgan fingerprint density at radius 1 is 1.00 bits per heavy atom. The molecule has 0 N–H and O–H groups in total. The summed E-state index contributed by atoms with van der Waals surface area (Å²) >= 11 is 5.68. The van der Waals surface area contributed by atoms with E-state index in [-0.39, 0.29) is 41.7 Å². The average molecular weight is 401 g/mol. The molecule has 0 spiro atoms. The molecule has 1 aliphatic rings. The minimum absolute atomic E-state index is 0.0415. The van der Waals surface area contributed by atoms with Crippen molar-refractivity contribution >= 4 is 27.5 Å². The van der Waals surface area contributed by atoms with E-state index >= 15 is 0 Å². The van der Waals surface area contributed by atoms with Gasteiger partial charge in [-0.15, -0.1) is 0 Å². The Morgan fingerprint density at radius 2 is 1.69 bits per heavy atom. The molecule has 5 nitrogen and oxygen atoms in total. The molecule has 0 aromatic heterocycles. The van der Waals surface area contributed by atoms with E-state index in [9.17, 15) is 22.0 Å². The molecule has 1 saturated heterocycles. The molecule has 0 saturated carbocycles. The van der Waals surface area contributed by atoms with Crippen LogP contribution < -0.4 is 0 Å². The highest BCUT2D eigenvalue weighted by molar-refractivity contribution is 7.89. The SMILES string of the molecule is O=C(c1ccc(Cl)cc1F)N1CCN(S(=O)(=O)c2cccc(F)c2)CC1. The molecule has 1 heterocycles. The number of nitrogens with zero attached hydrogens (tertiary/aromatic N) is 2. The number of amides is 1. The van der Waals surface area contributed by atoms with E-state index in [2.05, 4.69) is 0 Å². The minimum Gasteiger partial charge on any atom is -0.336 e. The van der Waals surface area contributed by atoms with Gasteiger partial charge in [-0.2, -0.15) is 4.31 Å². The molecule has 2 aromatic carbocycles. The first-order valence-electron chi connectivity index (χ1n) is 7.79. The fourth-order valence-electron chi connectivity index (χ4n) is 2.74. The Balaban J connectivity index is 1.72. The third-order valence-corrected chi connectivity index (χ3v) is 6.25. The second-order valence-electron chi connectivity index (χ2n) is 5.78. The summed E-state index contributed by atoms with van der Waals surface area (Å²) in [6.07, 6.45) is 0. The molecule has 1 fully saturated rings. The minimum atomic E-state index is -3.85. The molecule has 138 valence electrons. The molecule has 0 aliphatic carbocycles. The number of piperazine rings is 1. The van der Waals surface area contributed by atoms with Gasteiger partial charge in [-0.1, -0.05) is 17.7 Å². The first-order chi connectivity index (χ1) is 12.3. The number of carbonyl (C=O) groups excluding carboxylic acids is 1. The molecular weight excluding hydrogens is 386 g/mol. The fraction of sp³-hybridized carbons (Fsp3) is 0.235. The third kappa shape index (κ3) is 3.72. The molecule has 0 unspecified atom stereocenters. The molecule has 0 bridgehead atoms. The van der Waals surface area contributed by atoms with E-state index in [1.165, 1.54) is 33.5 Å². The summed E-state index contributed by atoms with van der Waals surface area (Å²) in [5.41, 5.74) is -0.115. The molecular formula is C17H15ClF2N2O3S. The Kier molecular flexibility index (Phi) is 5.27. The van der Waals surface area contributed by atoms with Crippen LogP contribution in [0.1, 0.15) is 10.4 Å². The number of sulfonamides is 1. The van der Waals surface area contributed by atoms with Gasteiger partial charge < -0.3 is 4.90 Å². The highest BCUT2D eigenvalue weighted by Crippen LogP contribution is 2.21. The average Bonchev–Trinajstić information content (AvgIpc) is 2.61. The predicted molar refractivity (Wildman–Crippen MR) is 92.5 cm³/mol. The van der Waals surface area contributed by atoms with Crippen LogP contribution in [0.15, 0.2) is 47.4 Å². The van der Waals surface area contributed by atoms with Crippen LogP contribution in [0.2, 0.25) is 5.02 Å². The van der Waals surface area contributed by atoms with Gasteiger partial charge in [0.15, 0.2) is 0 Å². The third-order valence-electron chi connectivity index (χ3n) is 4.12. The van der Waals surface area contributed by atoms with Gasteiger partial charge in [-0.05, 0) is 36.4 Å². The summed E-state index contributed by atoms with van der Waals surface area (Å²) in [7, 11) is -3.85. The van der Waals surface area contributed by atoms with E-state index in [0.29, 0.717) is 0 Å². The molecule has 3 rings (SSSR count). The van der Waals surface area contributed by atoms with E-state index < -0.39 is 27.6 Å². The lowest BCUT2D eigenvalue weighted by molar-refractivity contribution is 0.0693. The summed E-state index contributed by atoms with van der Waals surface area (Å²) in [5.74, 6) is -1.89. The summed E-state index contributed by atoms with van der Waals surface area (Å²) in [6, 6.07) is 8.54. The van der Waals surface area contributed by atoms with Crippen molar-refractivity contribution in [2.45, 2.75) is 4.90 Å². The van der Waals surface area contributed by atoms with Gasteiger partial charge in [-0.25, -0.2) is 17.2 Å². The van der Waals surface area contributed by atoms with Gasteiger partial charge in [0.25, 0.3) is 5.91 Å². The van der Waals surface area contributed by atoms with E-state index in [4.69, 9.17) is 11.6 Å². The Morgan fingerprint density at radius 3 is 2.31 bits per heavy atom. The summed E-state index contributed by atoms with van der Waals surface area (Å²) < 4.78 is 53.5. The first-order valence-corrected chi connectivity index (χ1v) is 9.61. The maximum absolute atomic E-state index is 13.9. The zero-order valence-electron chi connectivity index (χ0n) is 13.5. The monoisotopic (exact) mass is 400 g/mol. The number of hydrogen-bond acceptors (Lipinski definition) is 3. The zero-order chi connectivity index (χ0) is 18.9. The fourth-order valence-corrected chi connectivity index (χ4v) is 4.35. The second kappa shape index (κ2) is 7.30. The van der Waals surface area contributed by atoms with E-state index in [1.54, 1.807) is 0 Å². The van der Waals surface area contributed by atoms with Gasteiger partial charge in [0.1, 0.15) is 11.6 Å². The lowest BCUT2D eigenvalue weighted by atomic mass is 10.1. The van der Waals surface area contributed by atoms with Gasteiger partial charge in [0.2, 0.25) is 10.0 Å². The van der Waals surface area contributed by atoms with Crippen molar-refractivity contribution in [2.24, 2.45) is 0 Å². The van der Waals surface area contributed by atoms with Gasteiger partial charge >= 0.3 is 0 Å². The smallest absolute Gasteiger partial charge is 0.256 e. The van der Waals surface area contributed by atoms with E-state index in [0.717, 1.165) is 18.2 Å². The molecule has 9 heteroatoms. The zero-order valence-corrected chi connectivity index (χ0v) is 15.1. The number of hydrogen-bond donors (Lipinski definition) is 0. The van der Waals surface area contributed by atoms with Crippen LogP contribution in [0.25, 0.3) is 0 Å². The lowest BCUT2D eigenvalue weighted by Gasteiger charge is -2.34. The van der Waals surface area contributed by atoms with E-state index in [1.807, 2.05) is 0 Å². The van der Waals surface area contributed by atoms with Crippen molar-refractivity contribution in [1.29, 1.82) is 0 Å². The van der Waals surface area contributed by atoms with Crippen LogP contribution in [0.3, 0.4) is 0 Å². The quantitative estimate of drug-likeness (QED) is 0.796. The van der Waals surface area contributed by atoms with Crippen LogP contribution in [0, 0.1) is 11.6 Å². The largest absolute Gasteiger partial charge is 0.336 e. The van der Waals surface area contributed by atoms with Crippen LogP contribution >= 0.6 is 11.6 Å². The molecule has 26 heavy (non-hydrogen) atoms. The van der Waals surface area contributed by atoms with Crippen LogP contribution in [-0.4, -0.2) is 49.7 Å². The molecule has 1 aliphatic heterocycles. The normalized spacial score (nSPS) is 15.9. The number of carbonyl (C=O) groups is 1. The van der Waals surface area contributed by atoms with Crippen molar-refractivity contribution in [3.05, 3.63) is 64.7 Å². The molecule has 1 amide bonds. The summed E-state index contributed by atoms with van der Waals surface area (Å²) in [4.78, 5) is 13.7. The summed E-state index contributed by atoms with van der Waals surface area (Å²) in [5, 5.41) is 0.185. The van der Waals surface area contributed by atoms with Gasteiger partial charge in [-0.3, -0.25) is 4.79 Å². The van der Waals surface area contributed by atoms with Crippen molar-refractivity contribution in [2.75, 3.05) is 26.2 Å². The highest BCUT2D eigenvalue weighted by Gasteiger charge is 2.31. The van der Waals surface area contributed by atoms with Crippen molar-refractivity contribution < 1.29 is 22.0 Å². The number of benzene rings is 2. The topological polar surface area (TPSA) is 57.7 Å². The Hall–Kier alpha value is -2.03. The van der Waals surface area contributed by atoms with Crippen LogP contribution in [-0.2, 0) is 10.0 Å². The second-order valence-corrected chi connectivity index (χ2v) is 8.15. The molecule has 0 atom stereocenters. The lowest BCUT2D eigenvalue weighted by Crippen LogP contribution is -2.50. The maximum Gasteiger partial charge on any atom is 0.256 e.